The Balaban J connectivity index is 1.04. The van der Waals surface area contributed by atoms with E-state index in [4.69, 9.17) is 52.1 Å². The first-order valence-electron chi connectivity index (χ1n) is 31.4. The van der Waals surface area contributed by atoms with Crippen LogP contribution in [0.3, 0.4) is 0 Å². The first-order chi connectivity index (χ1) is 40.5. The number of rotatable bonds is 23. The zero-order valence-electron chi connectivity index (χ0n) is 53.2. The Kier molecular flexibility index (Phi) is 23.0. The number of carbonyl (C=O) groups excluding carboxylic acids is 3. The number of hydrogen-bond acceptors (Lipinski definition) is 19. The van der Waals surface area contributed by atoms with Gasteiger partial charge in [0.1, 0.15) is 36.8 Å². The Morgan fingerprint density at radius 2 is 1.60 bits per heavy atom. The molecule has 480 valence electrons. The number of aliphatic hydroxyl groups is 1. The van der Waals surface area contributed by atoms with Crippen LogP contribution in [0.15, 0.2) is 30.5 Å². The fraction of sp³-hybridized carbons (Fsp3) is 0.825. The first-order valence-corrected chi connectivity index (χ1v) is 31.4. The van der Waals surface area contributed by atoms with Crippen molar-refractivity contribution in [1.29, 1.82) is 0 Å². The molecule has 21 nitrogen and oxygen atoms in total. The summed E-state index contributed by atoms with van der Waals surface area (Å²) in [5.41, 5.74) is -1.06. The standard InChI is InChI=1S/C63H101FN6O15/c1-15-50-63(10)56(69(60(74)85-63)24-16-28-79-37-44-17-18-44)40(4)53(71)38(2)33-62(9,77-14)58(41(5)54(42(6)59(73)82-50)83-52-34-61(8,76-13)57(72)43(7)81-52)84-51-32-48(31-39(3)80-51)67(11)25-23-46-36-70(66-65-46)49(35-64)55(75-12)45-19-21-47(22-20-45)68-26-29-78-30-27-68/h19-22,36,38-44,48-52,54-58,72H,15-18,23-35,37H2,1-14H3/t38-,39-,40+,41+,42-,43+,48+,49-,50-,51+,52+,54+,55-,56-,57+,58-,61-,62-,63-/m1/s1. The molecule has 0 bridgehead atoms. The molecule has 1 saturated carbocycles. The van der Waals surface area contributed by atoms with Crippen molar-refractivity contribution in [3.8, 4) is 0 Å². The molecule has 0 radical (unpaired) electrons. The number of cyclic esters (lactones) is 1. The van der Waals surface area contributed by atoms with Crippen LogP contribution in [-0.4, -0.2) is 213 Å². The molecule has 6 heterocycles. The van der Waals surface area contributed by atoms with Crippen molar-refractivity contribution >= 4 is 23.5 Å². The number of anilines is 1. The predicted octanol–water partition coefficient (Wildman–Crippen LogP) is 7.69. The second-order valence-corrected chi connectivity index (χ2v) is 25.9. The maximum Gasteiger partial charge on any atom is 0.410 e. The number of halogens is 1. The number of likely N-dealkylation sites (N-methyl/N-ethyl adjacent to an activating group) is 1. The molecule has 0 spiro atoms. The smallest absolute Gasteiger partial charge is 0.410 e. The molecule has 6 fully saturated rings. The molecule has 1 amide bonds. The number of aliphatic hydroxyl groups excluding tert-OH is 1. The number of Topliss-reactive ketones (excluding diaryl/α,β-unsaturated/α-hetero) is 1. The Bertz CT molecular complexity index is 2470. The van der Waals surface area contributed by atoms with Gasteiger partial charge in [0.05, 0.1) is 66.5 Å². The number of ketones is 1. The predicted molar refractivity (Wildman–Crippen MR) is 313 cm³/mol. The van der Waals surface area contributed by atoms with E-state index in [1.54, 1.807) is 57.7 Å². The molecule has 1 N–H and O–H groups in total. The summed E-state index contributed by atoms with van der Waals surface area (Å²) in [4.78, 5) is 50.7. The monoisotopic (exact) mass is 1200 g/mol. The highest BCUT2D eigenvalue weighted by atomic mass is 19.1. The Hall–Kier alpha value is -3.94. The van der Waals surface area contributed by atoms with Crippen LogP contribution in [-0.2, 0) is 68.1 Å². The summed E-state index contributed by atoms with van der Waals surface area (Å²) < 4.78 is 86.9. The van der Waals surface area contributed by atoms with E-state index >= 15 is 14.0 Å². The fourth-order valence-electron chi connectivity index (χ4n) is 14.2. The quantitative estimate of drug-likeness (QED) is 0.0834. The molecule has 1 aliphatic carbocycles. The number of methoxy groups -OCH3 is 3. The fourth-order valence-corrected chi connectivity index (χ4v) is 14.2. The van der Waals surface area contributed by atoms with E-state index in [2.05, 4.69) is 27.2 Å². The summed E-state index contributed by atoms with van der Waals surface area (Å²) in [5, 5.41) is 20.2. The van der Waals surface area contributed by atoms with E-state index in [1.165, 1.54) is 7.11 Å². The van der Waals surface area contributed by atoms with Crippen LogP contribution in [0.25, 0.3) is 0 Å². The van der Waals surface area contributed by atoms with Crippen molar-refractivity contribution in [3.05, 3.63) is 41.7 Å². The topological polar surface area (TPSA) is 213 Å². The summed E-state index contributed by atoms with van der Waals surface area (Å²) in [5.74, 6) is -3.18. The third kappa shape index (κ3) is 15.4. The lowest BCUT2D eigenvalue weighted by Gasteiger charge is -2.49. The summed E-state index contributed by atoms with van der Waals surface area (Å²) in [6, 6.07) is 6.49. The number of fused-ring (bicyclic) bond motifs is 1. The lowest BCUT2D eigenvalue weighted by Crippen LogP contribution is -2.60. The number of amides is 1. The lowest BCUT2D eigenvalue weighted by atomic mass is 9.73. The normalized spacial score (nSPS) is 37.1. The van der Waals surface area contributed by atoms with Crippen LogP contribution < -0.4 is 4.90 Å². The molecule has 0 unspecified atom stereocenters. The van der Waals surface area contributed by atoms with Gasteiger partial charge in [-0.3, -0.25) is 9.59 Å². The van der Waals surface area contributed by atoms with E-state index in [1.807, 2.05) is 65.8 Å². The van der Waals surface area contributed by atoms with Gasteiger partial charge in [-0.05, 0) is 111 Å². The molecular formula is C63H101FN6O15. The van der Waals surface area contributed by atoms with E-state index in [0.29, 0.717) is 70.3 Å². The Labute approximate surface area is 503 Å². The summed E-state index contributed by atoms with van der Waals surface area (Å²) >= 11 is 0. The van der Waals surface area contributed by atoms with Gasteiger partial charge in [0.15, 0.2) is 18.2 Å². The molecule has 1 aromatic heterocycles. The van der Waals surface area contributed by atoms with Gasteiger partial charge in [0.2, 0.25) is 0 Å². The van der Waals surface area contributed by atoms with Crippen LogP contribution in [0.4, 0.5) is 14.9 Å². The van der Waals surface area contributed by atoms with Crippen molar-refractivity contribution in [2.45, 2.75) is 217 Å². The van der Waals surface area contributed by atoms with Crippen molar-refractivity contribution < 1.29 is 76.0 Å². The Morgan fingerprint density at radius 3 is 2.25 bits per heavy atom. The van der Waals surface area contributed by atoms with E-state index < -0.39 is 120 Å². The molecule has 5 saturated heterocycles. The number of hydrogen-bond donors (Lipinski definition) is 1. The van der Waals surface area contributed by atoms with Gasteiger partial charge in [0, 0.05) is 116 Å². The van der Waals surface area contributed by atoms with E-state index in [9.17, 15) is 9.90 Å². The number of carbonyl (C=O) groups is 3. The van der Waals surface area contributed by atoms with Gasteiger partial charge in [-0.1, -0.05) is 45.0 Å². The highest BCUT2D eigenvalue weighted by Gasteiger charge is 2.61. The average Bonchev–Trinajstić information content (AvgIpc) is 2.03. The minimum atomic E-state index is -1.41. The summed E-state index contributed by atoms with van der Waals surface area (Å²) in [7, 11) is 6.78. The molecule has 6 aliphatic rings. The maximum atomic E-state index is 15.2. The molecule has 19 atom stereocenters. The number of esters is 1. The number of ether oxygens (including phenoxy) is 11. The highest BCUT2D eigenvalue weighted by Crippen LogP contribution is 2.45. The molecule has 2 aromatic rings. The van der Waals surface area contributed by atoms with Crippen molar-refractivity contribution in [2.24, 2.45) is 29.6 Å². The summed E-state index contributed by atoms with van der Waals surface area (Å²) in [6.45, 7) is 22.8. The van der Waals surface area contributed by atoms with Crippen LogP contribution in [0, 0.1) is 29.6 Å². The molecular weight excluding hydrogens is 1100 g/mol. The largest absolute Gasteiger partial charge is 0.458 e. The van der Waals surface area contributed by atoms with E-state index in [-0.39, 0.29) is 43.7 Å². The van der Waals surface area contributed by atoms with E-state index in [0.717, 1.165) is 37.2 Å². The van der Waals surface area contributed by atoms with Gasteiger partial charge in [-0.15, -0.1) is 5.10 Å². The second-order valence-electron chi connectivity index (χ2n) is 25.9. The summed E-state index contributed by atoms with van der Waals surface area (Å²) in [6.07, 6.45) is -0.705. The van der Waals surface area contributed by atoms with Gasteiger partial charge in [0.25, 0.3) is 0 Å². The molecule has 1 aromatic carbocycles. The van der Waals surface area contributed by atoms with Crippen LogP contribution in [0.1, 0.15) is 144 Å². The maximum absolute atomic E-state index is 15.2. The SMILES string of the molecule is CC[C@H]1OC(=O)[C@H](C)[C@@H](O[C@H]2C[C@@](C)(OC)[C@@H](O)[C@H](C)O2)[C@H](C)[C@@H](O[C@H]2C[C@@H](N(C)CCc3cn([C@H](CF)[C@H](OC)c4ccc(N5CCOCC5)cc4)nn3)C[C@@H](C)O2)[C@](C)(OC)C[C@@H](C)C(=O)[C@H](C)[C@H]2N(CCCOCC3CC3)C(=O)O[C@]12C. The number of morpholine rings is 1. The van der Waals surface area contributed by atoms with Crippen molar-refractivity contribution in [3.63, 3.8) is 0 Å². The third-order valence-electron chi connectivity index (χ3n) is 19.7. The van der Waals surface area contributed by atoms with Gasteiger partial charge < -0.3 is 71.9 Å². The zero-order chi connectivity index (χ0) is 61.5. The van der Waals surface area contributed by atoms with Crippen molar-refractivity contribution in [2.75, 3.05) is 92.6 Å². The molecule has 8 rings (SSSR count). The zero-order valence-corrected chi connectivity index (χ0v) is 53.2. The van der Waals surface area contributed by atoms with Gasteiger partial charge in [-0.25, -0.2) is 13.9 Å². The minimum Gasteiger partial charge on any atom is -0.458 e. The average molecular weight is 1200 g/mol. The lowest BCUT2D eigenvalue weighted by molar-refractivity contribution is -0.309. The minimum absolute atomic E-state index is 0.0229. The number of alkyl halides is 1. The number of benzene rings is 1. The van der Waals surface area contributed by atoms with Crippen LogP contribution in [0.2, 0.25) is 0 Å². The van der Waals surface area contributed by atoms with Crippen LogP contribution in [0.5, 0.6) is 0 Å². The molecule has 22 heteroatoms. The van der Waals surface area contributed by atoms with Crippen molar-refractivity contribution in [1.82, 2.24) is 24.8 Å². The highest BCUT2D eigenvalue weighted by molar-refractivity contribution is 5.85. The second kappa shape index (κ2) is 29.1. The number of aromatic nitrogens is 3. The molecule has 5 aliphatic heterocycles. The molecule has 85 heavy (non-hydrogen) atoms. The number of nitrogens with zero attached hydrogens (tertiary/aromatic N) is 6. The van der Waals surface area contributed by atoms with Crippen LogP contribution >= 0.6 is 0 Å². The first kappa shape index (κ1) is 67.0. The third-order valence-corrected chi connectivity index (χ3v) is 19.7. The van der Waals surface area contributed by atoms with Gasteiger partial charge in [-0.2, -0.15) is 0 Å². The Morgan fingerprint density at radius 1 is 0.894 bits per heavy atom. The van der Waals surface area contributed by atoms with Gasteiger partial charge >= 0.3 is 12.1 Å².